The molecule has 0 saturated carbocycles. The number of nitrogens with zero attached hydrogens (tertiary/aromatic N) is 1. The number of benzene rings is 1. The lowest BCUT2D eigenvalue weighted by Gasteiger charge is -2.26. The summed E-state index contributed by atoms with van der Waals surface area (Å²) in [5.41, 5.74) is 6.16. The third-order valence-electron chi connectivity index (χ3n) is 3.06. The zero-order chi connectivity index (χ0) is 15.2. The van der Waals surface area contributed by atoms with E-state index in [-0.39, 0.29) is 6.54 Å². The molecule has 0 aliphatic heterocycles. The second-order valence-corrected chi connectivity index (χ2v) is 4.32. The largest absolute Gasteiger partial charge is 0.416 e. The molecule has 0 spiro atoms. The van der Waals surface area contributed by atoms with Crippen molar-refractivity contribution in [1.29, 1.82) is 0 Å². The Kier molecular flexibility index (Phi) is 6.29. The number of nitrogens with two attached hydrogens (primary N) is 1. The molecular weight excluding hydrogens is 269 g/mol. The molecule has 0 heterocycles. The Hall–Kier alpha value is -1.27. The number of hydrogen-bond acceptors (Lipinski definition) is 3. The van der Waals surface area contributed by atoms with E-state index in [1.807, 2.05) is 18.7 Å². The van der Waals surface area contributed by atoms with Gasteiger partial charge < -0.3 is 15.4 Å². The van der Waals surface area contributed by atoms with E-state index in [9.17, 15) is 13.2 Å². The fraction of sp³-hybridized carbons (Fsp3) is 0.571. The lowest BCUT2D eigenvalue weighted by molar-refractivity contribution is -0.137. The molecule has 0 fully saturated rings. The van der Waals surface area contributed by atoms with Gasteiger partial charge in [-0.1, -0.05) is 0 Å². The quantitative estimate of drug-likeness (QED) is 0.784. The first-order valence-electron chi connectivity index (χ1n) is 6.66. The Morgan fingerprint density at radius 3 is 2.45 bits per heavy atom. The molecule has 0 radical (unpaired) electrons. The van der Waals surface area contributed by atoms with E-state index in [0.717, 1.165) is 17.8 Å². The van der Waals surface area contributed by atoms with Crippen LogP contribution in [-0.2, 0) is 17.5 Å². The Balaban J connectivity index is 2.98. The fourth-order valence-corrected chi connectivity index (χ4v) is 2.00. The summed E-state index contributed by atoms with van der Waals surface area (Å²) >= 11 is 0. The average molecular weight is 290 g/mol. The zero-order valence-corrected chi connectivity index (χ0v) is 11.8. The summed E-state index contributed by atoms with van der Waals surface area (Å²) < 4.78 is 43.4. The monoisotopic (exact) mass is 290 g/mol. The third kappa shape index (κ3) is 4.38. The highest BCUT2D eigenvalue weighted by atomic mass is 19.4. The molecule has 0 amide bonds. The molecule has 20 heavy (non-hydrogen) atoms. The second kappa shape index (κ2) is 7.50. The van der Waals surface area contributed by atoms with Gasteiger partial charge in [-0.15, -0.1) is 0 Å². The van der Waals surface area contributed by atoms with Crippen LogP contribution in [0.1, 0.15) is 25.0 Å². The zero-order valence-electron chi connectivity index (χ0n) is 11.8. The number of alkyl halides is 3. The van der Waals surface area contributed by atoms with Gasteiger partial charge in [0, 0.05) is 31.9 Å². The summed E-state index contributed by atoms with van der Waals surface area (Å²) in [7, 11) is 0. The minimum Gasteiger partial charge on any atom is -0.380 e. The highest BCUT2D eigenvalue weighted by Gasteiger charge is 2.31. The fourth-order valence-electron chi connectivity index (χ4n) is 2.00. The maximum Gasteiger partial charge on any atom is 0.416 e. The van der Waals surface area contributed by atoms with Crippen LogP contribution in [0.2, 0.25) is 0 Å². The maximum atomic E-state index is 12.7. The van der Waals surface area contributed by atoms with Gasteiger partial charge >= 0.3 is 6.18 Å². The Labute approximate surface area is 117 Å². The van der Waals surface area contributed by atoms with Crippen molar-refractivity contribution in [3.8, 4) is 0 Å². The van der Waals surface area contributed by atoms with Gasteiger partial charge in [0.05, 0.1) is 12.2 Å². The van der Waals surface area contributed by atoms with Crippen molar-refractivity contribution in [1.82, 2.24) is 0 Å². The van der Waals surface area contributed by atoms with E-state index >= 15 is 0 Å². The van der Waals surface area contributed by atoms with Crippen molar-refractivity contribution in [2.75, 3.05) is 31.2 Å². The average Bonchev–Trinajstić information content (AvgIpc) is 2.42. The molecule has 0 aromatic heterocycles. The summed E-state index contributed by atoms with van der Waals surface area (Å²) in [4.78, 5) is 1.97. The van der Waals surface area contributed by atoms with E-state index in [2.05, 4.69) is 0 Å². The minimum absolute atomic E-state index is 0.0738. The molecule has 0 unspecified atom stereocenters. The van der Waals surface area contributed by atoms with Gasteiger partial charge in [0.25, 0.3) is 0 Å². The van der Waals surface area contributed by atoms with Gasteiger partial charge in [0.2, 0.25) is 0 Å². The molecule has 0 bridgehead atoms. The molecule has 0 aliphatic rings. The summed E-state index contributed by atoms with van der Waals surface area (Å²) in [6.07, 6.45) is -4.34. The summed E-state index contributed by atoms with van der Waals surface area (Å²) in [6, 6.07) is 3.71. The molecule has 6 heteroatoms. The molecule has 1 aromatic rings. The lowest BCUT2D eigenvalue weighted by atomic mass is 10.1. The van der Waals surface area contributed by atoms with Crippen molar-refractivity contribution in [2.24, 2.45) is 5.73 Å². The molecule has 0 atom stereocenters. The molecule has 3 nitrogen and oxygen atoms in total. The van der Waals surface area contributed by atoms with Crippen LogP contribution in [-0.4, -0.2) is 26.3 Å². The van der Waals surface area contributed by atoms with Crippen LogP contribution in [0.3, 0.4) is 0 Å². The molecular formula is C14H21F3N2O. The number of ether oxygens (including phenoxy) is 1. The first-order valence-corrected chi connectivity index (χ1v) is 6.66. The van der Waals surface area contributed by atoms with Gasteiger partial charge in [-0.05, 0) is 37.6 Å². The lowest BCUT2D eigenvalue weighted by Crippen LogP contribution is -2.28. The molecule has 0 saturated heterocycles. The molecule has 1 rings (SSSR count). The van der Waals surface area contributed by atoms with Crippen molar-refractivity contribution >= 4 is 5.69 Å². The standard InChI is InChI=1S/C14H21F3N2O/c1-3-19(7-8-20-4-2)13-6-5-12(14(15,16)17)9-11(13)10-18/h5-6,9H,3-4,7-8,10,18H2,1-2H3. The van der Waals surface area contributed by atoms with Crippen LogP contribution in [0.4, 0.5) is 18.9 Å². The summed E-state index contributed by atoms with van der Waals surface area (Å²) in [5.74, 6) is 0. The van der Waals surface area contributed by atoms with Gasteiger partial charge in [-0.2, -0.15) is 13.2 Å². The summed E-state index contributed by atoms with van der Waals surface area (Å²) in [5, 5.41) is 0. The normalized spacial score (nSPS) is 11.7. The van der Waals surface area contributed by atoms with Crippen molar-refractivity contribution < 1.29 is 17.9 Å². The van der Waals surface area contributed by atoms with Crippen LogP contribution in [0.5, 0.6) is 0 Å². The molecule has 0 aliphatic carbocycles. The second-order valence-electron chi connectivity index (χ2n) is 4.32. The van der Waals surface area contributed by atoms with Gasteiger partial charge in [-0.3, -0.25) is 0 Å². The number of hydrogen-bond donors (Lipinski definition) is 1. The van der Waals surface area contributed by atoms with Crippen molar-refractivity contribution in [3.05, 3.63) is 29.3 Å². The number of likely N-dealkylation sites (N-methyl/N-ethyl adjacent to an activating group) is 1. The number of rotatable bonds is 7. The Morgan fingerprint density at radius 1 is 1.25 bits per heavy atom. The summed E-state index contributed by atoms with van der Waals surface area (Å²) in [6.45, 7) is 6.39. The first kappa shape index (κ1) is 16.8. The van der Waals surface area contributed by atoms with Gasteiger partial charge in [0.1, 0.15) is 0 Å². The van der Waals surface area contributed by atoms with Crippen LogP contribution >= 0.6 is 0 Å². The van der Waals surface area contributed by atoms with E-state index in [1.54, 1.807) is 0 Å². The smallest absolute Gasteiger partial charge is 0.380 e. The highest BCUT2D eigenvalue weighted by Crippen LogP contribution is 2.32. The van der Waals surface area contributed by atoms with Crippen molar-refractivity contribution in [2.45, 2.75) is 26.6 Å². The Morgan fingerprint density at radius 2 is 1.95 bits per heavy atom. The minimum atomic E-state index is -4.34. The number of anilines is 1. The third-order valence-corrected chi connectivity index (χ3v) is 3.06. The van der Waals surface area contributed by atoms with E-state index in [4.69, 9.17) is 10.5 Å². The van der Waals surface area contributed by atoms with Gasteiger partial charge in [0.15, 0.2) is 0 Å². The van der Waals surface area contributed by atoms with E-state index < -0.39 is 11.7 Å². The van der Waals surface area contributed by atoms with Crippen LogP contribution in [0.25, 0.3) is 0 Å². The number of halogens is 3. The predicted octanol–water partition coefficient (Wildman–Crippen LogP) is 3.03. The van der Waals surface area contributed by atoms with Crippen molar-refractivity contribution in [3.63, 3.8) is 0 Å². The molecule has 114 valence electrons. The van der Waals surface area contributed by atoms with Crippen LogP contribution in [0, 0.1) is 0 Å². The van der Waals surface area contributed by atoms with E-state index in [0.29, 0.717) is 31.9 Å². The first-order chi connectivity index (χ1) is 9.43. The highest BCUT2D eigenvalue weighted by molar-refractivity contribution is 5.55. The molecule has 1 aromatic carbocycles. The topological polar surface area (TPSA) is 38.5 Å². The van der Waals surface area contributed by atoms with Crippen LogP contribution in [0.15, 0.2) is 18.2 Å². The van der Waals surface area contributed by atoms with E-state index in [1.165, 1.54) is 6.07 Å². The molecule has 2 N–H and O–H groups in total. The SMILES string of the molecule is CCOCCN(CC)c1ccc(C(F)(F)F)cc1CN. The Bertz CT molecular complexity index is 421. The van der Waals surface area contributed by atoms with Crippen LogP contribution < -0.4 is 10.6 Å². The predicted molar refractivity (Wildman–Crippen MR) is 73.7 cm³/mol. The van der Waals surface area contributed by atoms with Gasteiger partial charge in [-0.25, -0.2) is 0 Å². The maximum absolute atomic E-state index is 12.7.